The third kappa shape index (κ3) is 4.28. The van der Waals surface area contributed by atoms with Crippen LogP contribution >= 0.6 is 0 Å². The molecule has 0 amide bonds. The normalized spacial score (nSPS) is 18.9. The van der Waals surface area contributed by atoms with Gasteiger partial charge in [-0.15, -0.1) is 0 Å². The first kappa shape index (κ1) is 17.2. The average Bonchev–Trinajstić information content (AvgIpc) is 2.74. The summed E-state index contributed by atoms with van der Waals surface area (Å²) in [6, 6.07) is 6.18. The summed E-state index contributed by atoms with van der Waals surface area (Å²) in [7, 11) is 0. The highest BCUT2D eigenvalue weighted by atomic mass is 16.5. The summed E-state index contributed by atoms with van der Waals surface area (Å²) in [5, 5.41) is 0. The van der Waals surface area contributed by atoms with E-state index < -0.39 is 0 Å². The highest BCUT2D eigenvalue weighted by molar-refractivity contribution is 5.44. The summed E-state index contributed by atoms with van der Waals surface area (Å²) < 4.78 is 5.42. The van der Waals surface area contributed by atoms with Gasteiger partial charge in [-0.2, -0.15) is 4.98 Å². The predicted molar refractivity (Wildman–Crippen MR) is 102 cm³/mol. The Morgan fingerprint density at radius 3 is 2.54 bits per heavy atom. The van der Waals surface area contributed by atoms with Gasteiger partial charge in [-0.3, -0.25) is 9.88 Å². The van der Waals surface area contributed by atoms with Crippen LogP contribution in [0.4, 0.5) is 11.8 Å². The van der Waals surface area contributed by atoms with Crippen LogP contribution in [0.25, 0.3) is 0 Å². The highest BCUT2D eigenvalue weighted by Gasteiger charge is 2.20. The van der Waals surface area contributed by atoms with Crippen LogP contribution < -0.4 is 9.80 Å². The minimum Gasteiger partial charge on any atom is -0.378 e. The molecule has 26 heavy (non-hydrogen) atoms. The molecule has 2 fully saturated rings. The summed E-state index contributed by atoms with van der Waals surface area (Å²) in [6.07, 6.45) is 6.73. The minimum atomic E-state index is 0.753. The molecule has 0 N–H and O–H groups in total. The third-order valence-corrected chi connectivity index (χ3v) is 5.06. The van der Waals surface area contributed by atoms with Gasteiger partial charge in [0.2, 0.25) is 5.95 Å². The fraction of sp³-hybridized carbons (Fsp3) is 0.526. The number of ether oxygens (including phenoxy) is 1. The zero-order chi connectivity index (χ0) is 17.6. The zero-order valence-corrected chi connectivity index (χ0v) is 15.1. The van der Waals surface area contributed by atoms with Gasteiger partial charge >= 0.3 is 0 Å². The lowest BCUT2D eigenvalue weighted by Gasteiger charge is -2.36. The fourth-order valence-corrected chi connectivity index (χ4v) is 3.46. The van der Waals surface area contributed by atoms with Crippen molar-refractivity contribution in [2.45, 2.75) is 6.42 Å². The maximum absolute atomic E-state index is 5.42. The molecule has 4 rings (SSSR count). The van der Waals surface area contributed by atoms with Crippen LogP contribution in [-0.2, 0) is 11.2 Å². The number of piperazine rings is 1. The van der Waals surface area contributed by atoms with Gasteiger partial charge in [0.15, 0.2) is 0 Å². The van der Waals surface area contributed by atoms with Crippen LogP contribution in [0.2, 0.25) is 0 Å². The van der Waals surface area contributed by atoms with Crippen molar-refractivity contribution in [1.29, 1.82) is 0 Å². The van der Waals surface area contributed by atoms with Crippen molar-refractivity contribution < 1.29 is 4.74 Å². The SMILES string of the molecule is c1cncc(CCN2CCN(c3ccnc(N4CCOCC4)n3)CC2)c1. The number of rotatable bonds is 5. The first-order chi connectivity index (χ1) is 12.9. The van der Waals surface area contributed by atoms with Crippen LogP contribution in [0.1, 0.15) is 5.56 Å². The molecule has 7 heteroatoms. The van der Waals surface area contributed by atoms with E-state index in [1.807, 2.05) is 30.7 Å². The smallest absolute Gasteiger partial charge is 0.227 e. The molecular formula is C19H26N6O. The standard InChI is InChI=1S/C19H26N6O/c1-2-17(16-20-5-1)4-7-23-8-10-24(11-9-23)18-3-6-21-19(22-18)25-12-14-26-15-13-25/h1-3,5-6,16H,4,7-15H2. The van der Waals surface area contributed by atoms with Gasteiger partial charge in [-0.1, -0.05) is 6.07 Å². The van der Waals surface area contributed by atoms with Gasteiger partial charge < -0.3 is 14.5 Å². The number of aromatic nitrogens is 3. The van der Waals surface area contributed by atoms with E-state index in [1.165, 1.54) is 5.56 Å². The van der Waals surface area contributed by atoms with Gasteiger partial charge in [0.05, 0.1) is 13.2 Å². The van der Waals surface area contributed by atoms with Gasteiger partial charge in [-0.25, -0.2) is 4.98 Å². The summed E-state index contributed by atoms with van der Waals surface area (Å²) in [5.74, 6) is 1.86. The van der Waals surface area contributed by atoms with Gasteiger partial charge in [-0.05, 0) is 24.1 Å². The number of hydrogen-bond donors (Lipinski definition) is 0. The molecule has 2 aliphatic heterocycles. The van der Waals surface area contributed by atoms with E-state index in [0.29, 0.717) is 0 Å². The predicted octanol–water partition coefficient (Wildman–Crippen LogP) is 1.07. The average molecular weight is 354 g/mol. The van der Waals surface area contributed by atoms with Crippen molar-refractivity contribution in [1.82, 2.24) is 19.9 Å². The topological polar surface area (TPSA) is 57.6 Å². The minimum absolute atomic E-state index is 0.753. The Balaban J connectivity index is 1.30. The van der Waals surface area contributed by atoms with E-state index in [-0.39, 0.29) is 0 Å². The van der Waals surface area contributed by atoms with Crippen molar-refractivity contribution in [2.75, 3.05) is 68.8 Å². The van der Waals surface area contributed by atoms with E-state index in [1.54, 1.807) is 0 Å². The Kier molecular flexibility index (Phi) is 5.56. The summed E-state index contributed by atoms with van der Waals surface area (Å²) in [5.41, 5.74) is 1.31. The molecule has 0 aliphatic carbocycles. The Hall–Kier alpha value is -2.25. The Labute approximate surface area is 154 Å². The number of hydrogen-bond acceptors (Lipinski definition) is 7. The fourth-order valence-electron chi connectivity index (χ4n) is 3.46. The Bertz CT molecular complexity index is 683. The monoisotopic (exact) mass is 354 g/mol. The summed E-state index contributed by atoms with van der Waals surface area (Å²) in [4.78, 5) is 20.5. The quantitative estimate of drug-likeness (QED) is 0.796. The summed E-state index contributed by atoms with van der Waals surface area (Å²) >= 11 is 0. The largest absolute Gasteiger partial charge is 0.378 e. The Morgan fingerprint density at radius 2 is 1.77 bits per heavy atom. The van der Waals surface area contributed by atoms with Crippen molar-refractivity contribution in [2.24, 2.45) is 0 Å². The lowest BCUT2D eigenvalue weighted by atomic mass is 10.2. The molecule has 4 heterocycles. The van der Waals surface area contributed by atoms with Gasteiger partial charge in [0.25, 0.3) is 0 Å². The number of nitrogens with zero attached hydrogens (tertiary/aromatic N) is 6. The molecular weight excluding hydrogens is 328 g/mol. The van der Waals surface area contributed by atoms with Crippen LogP contribution in [0.15, 0.2) is 36.8 Å². The van der Waals surface area contributed by atoms with Crippen molar-refractivity contribution >= 4 is 11.8 Å². The lowest BCUT2D eigenvalue weighted by Crippen LogP contribution is -2.47. The highest BCUT2D eigenvalue weighted by Crippen LogP contribution is 2.17. The molecule has 7 nitrogen and oxygen atoms in total. The molecule has 2 aromatic rings. The van der Waals surface area contributed by atoms with Gasteiger partial charge in [0.1, 0.15) is 5.82 Å². The van der Waals surface area contributed by atoms with E-state index in [0.717, 1.165) is 77.2 Å². The molecule has 0 aromatic carbocycles. The van der Waals surface area contributed by atoms with E-state index in [4.69, 9.17) is 9.72 Å². The molecule has 0 bridgehead atoms. The van der Waals surface area contributed by atoms with E-state index in [2.05, 4.69) is 30.7 Å². The molecule has 2 saturated heterocycles. The number of morpholine rings is 1. The van der Waals surface area contributed by atoms with E-state index in [9.17, 15) is 0 Å². The van der Waals surface area contributed by atoms with Crippen LogP contribution in [0, 0.1) is 0 Å². The first-order valence-corrected chi connectivity index (χ1v) is 9.40. The maximum atomic E-state index is 5.42. The van der Waals surface area contributed by atoms with Crippen molar-refractivity contribution in [3.05, 3.63) is 42.4 Å². The molecule has 2 aliphatic rings. The second-order valence-electron chi connectivity index (χ2n) is 6.75. The molecule has 0 radical (unpaired) electrons. The maximum Gasteiger partial charge on any atom is 0.227 e. The van der Waals surface area contributed by atoms with Crippen LogP contribution in [-0.4, -0.2) is 78.9 Å². The second-order valence-corrected chi connectivity index (χ2v) is 6.75. The molecule has 0 atom stereocenters. The van der Waals surface area contributed by atoms with Gasteiger partial charge in [0, 0.05) is 64.4 Å². The van der Waals surface area contributed by atoms with Crippen LogP contribution in [0.5, 0.6) is 0 Å². The third-order valence-electron chi connectivity index (χ3n) is 5.06. The molecule has 0 unspecified atom stereocenters. The lowest BCUT2D eigenvalue weighted by molar-refractivity contribution is 0.122. The zero-order valence-electron chi connectivity index (χ0n) is 15.1. The molecule has 138 valence electrons. The second kappa shape index (κ2) is 8.42. The van der Waals surface area contributed by atoms with Crippen LogP contribution in [0.3, 0.4) is 0 Å². The van der Waals surface area contributed by atoms with Crippen molar-refractivity contribution in [3.63, 3.8) is 0 Å². The summed E-state index contributed by atoms with van der Waals surface area (Å²) in [6.45, 7) is 8.47. The Morgan fingerprint density at radius 1 is 0.923 bits per heavy atom. The van der Waals surface area contributed by atoms with E-state index >= 15 is 0 Å². The van der Waals surface area contributed by atoms with Crippen molar-refractivity contribution in [3.8, 4) is 0 Å². The number of anilines is 2. The molecule has 0 spiro atoms. The first-order valence-electron chi connectivity index (χ1n) is 9.40. The molecule has 2 aromatic heterocycles. The molecule has 0 saturated carbocycles. The number of pyridine rings is 1.